The van der Waals surface area contributed by atoms with Gasteiger partial charge in [-0.25, -0.2) is 11.6 Å². The molecule has 0 heterocycles. The molecule has 0 aliphatic heterocycles. The van der Waals surface area contributed by atoms with Gasteiger partial charge in [-0.1, -0.05) is 91.4 Å². The number of benzene rings is 4. The van der Waals surface area contributed by atoms with E-state index in [1.165, 1.54) is 91.0 Å². The van der Waals surface area contributed by atoms with E-state index in [1.54, 1.807) is 12.1 Å². The topological polar surface area (TPSA) is 0 Å². The van der Waals surface area contributed by atoms with Gasteiger partial charge >= 0.3 is 108 Å². The zero-order valence-corrected chi connectivity index (χ0v) is 36.4. The summed E-state index contributed by atoms with van der Waals surface area (Å²) in [6, 6.07) is 29.1. The molecule has 0 unspecified atom stereocenters. The number of aryl methyl sites for hydroxylation is 1. The Labute approximate surface area is 343 Å². The second kappa shape index (κ2) is 15.9. The number of halogens is 4. The van der Waals surface area contributed by atoms with E-state index in [-0.39, 0.29) is 47.3 Å². The van der Waals surface area contributed by atoms with Gasteiger partial charge in [0, 0.05) is 5.41 Å². The molecular weight excluding hydrogens is 777 g/mol. The summed E-state index contributed by atoms with van der Waals surface area (Å²) in [6.45, 7) is 22.5. The summed E-state index contributed by atoms with van der Waals surface area (Å²) in [6.07, 6.45) is 7.13. The Balaban J connectivity index is 0.000000194. The van der Waals surface area contributed by atoms with E-state index in [0.29, 0.717) is 5.41 Å². The van der Waals surface area contributed by atoms with Crippen molar-refractivity contribution in [2.45, 2.75) is 91.9 Å². The Morgan fingerprint density at radius 3 is 1.72 bits per heavy atom. The molecule has 0 atom stereocenters. The average molecular weight is 825 g/mol. The first-order valence-electron chi connectivity index (χ1n) is 17.9. The Morgan fingerprint density at radius 2 is 1.25 bits per heavy atom. The summed E-state index contributed by atoms with van der Waals surface area (Å²) < 4.78 is 27.0. The molecule has 8 rings (SSSR count). The van der Waals surface area contributed by atoms with E-state index in [9.17, 15) is 8.78 Å². The third-order valence-corrected chi connectivity index (χ3v) is 11.9. The molecule has 0 nitrogen and oxygen atoms in total. The Bertz CT molecular complexity index is 2110. The standard InChI is InChI=1S/C25H25.C13H8F2.C10H15.2ClH.Zr/c1-14-12-24(3,4)22-8-16-7-17-9-23-19(15(2)13-25(23,5)6)11-21(17)20(16)10-18(14)22;14-12-5-1-3-10(8-12)7-11-4-2-6-13(15)9-11;1-8-5-6-9(7-8)10(2,3)4;;;/h8-12H,7H2,1-6H3;1-6,8-9H;5-7H,1-4H3;2*1H;/q-1;;-1;;;+2/p-2. The van der Waals surface area contributed by atoms with E-state index >= 15 is 0 Å². The van der Waals surface area contributed by atoms with Gasteiger partial charge in [0.25, 0.3) is 0 Å². The van der Waals surface area contributed by atoms with Crippen LogP contribution in [0.1, 0.15) is 118 Å². The summed E-state index contributed by atoms with van der Waals surface area (Å²) in [7, 11) is 0. The molecule has 274 valence electrons. The van der Waals surface area contributed by atoms with Crippen molar-refractivity contribution in [1.82, 2.24) is 0 Å². The van der Waals surface area contributed by atoms with Crippen LogP contribution < -0.4 is 24.8 Å². The molecule has 3 aliphatic carbocycles. The number of hydrogen-bond acceptors (Lipinski definition) is 0. The maximum absolute atomic E-state index is 13.0. The second-order valence-corrected chi connectivity index (χ2v) is 17.8. The van der Waals surface area contributed by atoms with Gasteiger partial charge in [-0.2, -0.15) is 28.8 Å². The largest absolute Gasteiger partial charge is 1.00 e. The first-order chi connectivity index (χ1) is 23.8. The zero-order valence-electron chi connectivity index (χ0n) is 32.5. The molecule has 0 aromatic heterocycles. The van der Waals surface area contributed by atoms with Crippen LogP contribution >= 0.6 is 0 Å². The molecule has 0 amide bonds. The SMILES string of the molecule is CC1=[C-]C(C)(C)c2cc3c(cc21)-c1cc2c(cc1C3)C(C)(C)C=C2C.Cc1cc(C(C)(C)C)c[cH-]1.Fc1cccc([C](=[Zr+2])c2cccc(F)c2)c1.[Cl-].[Cl-]. The van der Waals surface area contributed by atoms with E-state index in [0.717, 1.165) is 45.0 Å². The van der Waals surface area contributed by atoms with Crippen LogP contribution in [0.2, 0.25) is 0 Å². The van der Waals surface area contributed by atoms with Gasteiger partial charge in [0.05, 0.1) is 0 Å². The minimum absolute atomic E-state index is 0. The predicted octanol–water partition coefficient (Wildman–Crippen LogP) is 6.55. The first-order valence-corrected chi connectivity index (χ1v) is 19.1. The Morgan fingerprint density at radius 1 is 0.717 bits per heavy atom. The molecule has 0 bridgehead atoms. The molecule has 0 radical (unpaired) electrons. The van der Waals surface area contributed by atoms with Crippen molar-refractivity contribution in [3.8, 4) is 11.1 Å². The maximum atomic E-state index is 13.0. The molecule has 53 heavy (non-hydrogen) atoms. The van der Waals surface area contributed by atoms with Crippen molar-refractivity contribution in [2.75, 3.05) is 0 Å². The molecule has 5 heteroatoms. The fourth-order valence-electron chi connectivity index (χ4n) is 7.76. The minimum Gasteiger partial charge on any atom is -1.00 e. The third kappa shape index (κ3) is 8.91. The van der Waals surface area contributed by atoms with Gasteiger partial charge in [-0.3, -0.25) is 6.08 Å². The van der Waals surface area contributed by atoms with Crippen molar-refractivity contribution >= 4 is 14.4 Å². The van der Waals surface area contributed by atoms with Crippen LogP contribution in [0.4, 0.5) is 8.78 Å². The quantitative estimate of drug-likeness (QED) is 0.174. The van der Waals surface area contributed by atoms with Gasteiger partial charge in [0.1, 0.15) is 0 Å². The molecule has 0 fully saturated rings. The van der Waals surface area contributed by atoms with Crippen molar-refractivity contribution in [3.05, 3.63) is 170 Å². The summed E-state index contributed by atoms with van der Waals surface area (Å²) in [5.41, 5.74) is 19.3. The smallest absolute Gasteiger partial charge is 1.00 e. The fourth-order valence-corrected chi connectivity index (χ4v) is 8.52. The monoisotopic (exact) mass is 822 g/mol. The van der Waals surface area contributed by atoms with Gasteiger partial charge in [-0.15, -0.1) is 11.6 Å². The van der Waals surface area contributed by atoms with Crippen molar-refractivity contribution in [2.24, 2.45) is 0 Å². The minimum atomic E-state index is -0.270. The summed E-state index contributed by atoms with van der Waals surface area (Å²) >= 11 is 1.13. The van der Waals surface area contributed by atoms with Gasteiger partial charge in [0.2, 0.25) is 0 Å². The summed E-state index contributed by atoms with van der Waals surface area (Å²) in [4.78, 5) is 0. The number of hydrogen-bond donors (Lipinski definition) is 0. The first kappa shape index (κ1) is 42.6. The molecule has 5 aromatic rings. The molecule has 0 saturated heterocycles. The van der Waals surface area contributed by atoms with Crippen LogP contribution in [0.15, 0.2) is 97.1 Å². The van der Waals surface area contributed by atoms with E-state index in [1.807, 2.05) is 12.1 Å². The Hall–Kier alpha value is -3.10. The molecule has 0 saturated carbocycles. The van der Waals surface area contributed by atoms with E-state index in [2.05, 4.69) is 124 Å². The molecule has 3 aliphatic rings. The third-order valence-electron chi connectivity index (χ3n) is 10.4. The van der Waals surface area contributed by atoms with E-state index in [4.69, 9.17) is 0 Å². The van der Waals surface area contributed by atoms with Crippen LogP contribution in [0.5, 0.6) is 0 Å². The van der Waals surface area contributed by atoms with Crippen molar-refractivity contribution in [1.29, 1.82) is 0 Å². The molecule has 5 aromatic carbocycles. The van der Waals surface area contributed by atoms with Gasteiger partial charge < -0.3 is 24.8 Å². The van der Waals surface area contributed by atoms with Crippen molar-refractivity contribution in [3.63, 3.8) is 0 Å². The van der Waals surface area contributed by atoms with Gasteiger partial charge in [0.15, 0.2) is 0 Å². The summed E-state index contributed by atoms with van der Waals surface area (Å²) in [5, 5.41) is 0. The van der Waals surface area contributed by atoms with Crippen LogP contribution in [-0.4, -0.2) is 3.21 Å². The van der Waals surface area contributed by atoms with Crippen LogP contribution in [0.25, 0.3) is 22.3 Å². The van der Waals surface area contributed by atoms with Crippen molar-refractivity contribution < 1.29 is 57.8 Å². The molecule has 0 spiro atoms. The van der Waals surface area contributed by atoms with Gasteiger partial charge in [-0.05, 0) is 58.4 Å². The second-order valence-electron chi connectivity index (χ2n) is 16.5. The normalized spacial score (nSPS) is 15.1. The van der Waals surface area contributed by atoms with Crippen LogP contribution in [-0.2, 0) is 46.9 Å². The van der Waals surface area contributed by atoms with Crippen LogP contribution in [0, 0.1) is 24.6 Å². The molecular formula is C48H48Cl2F2Zr-2. The summed E-state index contributed by atoms with van der Waals surface area (Å²) in [5.74, 6) is -0.539. The zero-order chi connectivity index (χ0) is 37.0. The predicted molar refractivity (Wildman–Crippen MR) is 208 cm³/mol. The number of rotatable bonds is 2. The Kier molecular flexibility index (Phi) is 12.8. The average Bonchev–Trinajstić information content (AvgIpc) is 3.76. The van der Waals surface area contributed by atoms with Crippen LogP contribution in [0.3, 0.4) is 0 Å². The van der Waals surface area contributed by atoms with E-state index < -0.39 is 0 Å². The number of fused-ring (bicyclic) bond motifs is 5. The number of allylic oxidation sites excluding steroid dienone is 4. The maximum Gasteiger partial charge on any atom is -1.00 e. The molecule has 0 N–H and O–H groups in total. The fraction of sp³-hybridized carbons (Fsp3) is 0.292.